The minimum atomic E-state index is -0.555. The Kier molecular flexibility index (Phi) is 6.38. The third kappa shape index (κ3) is 5.39. The summed E-state index contributed by atoms with van der Waals surface area (Å²) in [5.74, 6) is 0.582. The van der Waals surface area contributed by atoms with Crippen molar-refractivity contribution < 1.29 is 9.53 Å². The largest absolute Gasteiger partial charge is 0.481 e. The molecule has 0 spiro atoms. The molecule has 0 saturated heterocycles. The van der Waals surface area contributed by atoms with Crippen LogP contribution in [0.5, 0.6) is 5.75 Å². The monoisotopic (exact) mass is 326 g/mol. The third-order valence-corrected chi connectivity index (χ3v) is 3.77. The van der Waals surface area contributed by atoms with Gasteiger partial charge in [0, 0.05) is 6.54 Å². The molecule has 1 N–H and O–H groups in total. The summed E-state index contributed by atoms with van der Waals surface area (Å²) in [6, 6.07) is 17.6. The lowest BCUT2D eigenvalue weighted by atomic mass is 10.1. The van der Waals surface area contributed by atoms with Crippen molar-refractivity contribution in [3.8, 4) is 5.75 Å². The summed E-state index contributed by atoms with van der Waals surface area (Å²) in [7, 11) is 3.99. The molecule has 1 amide bonds. The number of benzene rings is 2. The number of hydrogen-bond acceptors (Lipinski definition) is 3. The number of nitrogens with one attached hydrogen (secondary N) is 1. The van der Waals surface area contributed by atoms with E-state index in [9.17, 15) is 4.79 Å². The van der Waals surface area contributed by atoms with Crippen molar-refractivity contribution >= 4 is 5.91 Å². The number of rotatable bonds is 7. The highest BCUT2D eigenvalue weighted by atomic mass is 16.5. The van der Waals surface area contributed by atoms with Gasteiger partial charge < -0.3 is 15.0 Å². The van der Waals surface area contributed by atoms with Crippen LogP contribution in [0.2, 0.25) is 0 Å². The topological polar surface area (TPSA) is 41.6 Å². The Hall–Kier alpha value is -2.33. The third-order valence-electron chi connectivity index (χ3n) is 3.77. The lowest BCUT2D eigenvalue weighted by molar-refractivity contribution is -0.128. The second-order valence-corrected chi connectivity index (χ2v) is 6.31. The molecule has 0 aliphatic carbocycles. The molecule has 0 aromatic heterocycles. The average Bonchev–Trinajstić information content (AvgIpc) is 2.56. The normalized spacial score (nSPS) is 13.4. The van der Waals surface area contributed by atoms with Crippen LogP contribution >= 0.6 is 0 Å². The van der Waals surface area contributed by atoms with Crippen LogP contribution in [0, 0.1) is 6.92 Å². The fourth-order valence-electron chi connectivity index (χ4n) is 2.45. The van der Waals surface area contributed by atoms with E-state index in [1.54, 1.807) is 6.92 Å². The zero-order chi connectivity index (χ0) is 17.5. The number of nitrogens with zero attached hydrogens (tertiary/aromatic N) is 1. The molecule has 0 radical (unpaired) electrons. The zero-order valence-corrected chi connectivity index (χ0v) is 14.8. The van der Waals surface area contributed by atoms with Crippen LogP contribution in [0.3, 0.4) is 0 Å². The first-order valence-electron chi connectivity index (χ1n) is 8.19. The Bertz CT molecular complexity index is 638. The van der Waals surface area contributed by atoms with Crippen molar-refractivity contribution in [2.24, 2.45) is 0 Å². The first kappa shape index (κ1) is 18.0. The zero-order valence-electron chi connectivity index (χ0n) is 14.8. The molecule has 4 nitrogen and oxygen atoms in total. The maximum Gasteiger partial charge on any atom is 0.261 e. The maximum absolute atomic E-state index is 12.5. The van der Waals surface area contributed by atoms with E-state index in [-0.39, 0.29) is 11.9 Å². The van der Waals surface area contributed by atoms with Gasteiger partial charge in [0.2, 0.25) is 0 Å². The van der Waals surface area contributed by atoms with Crippen LogP contribution in [0.15, 0.2) is 54.6 Å². The summed E-state index contributed by atoms with van der Waals surface area (Å²) in [6.45, 7) is 4.52. The van der Waals surface area contributed by atoms with Crippen molar-refractivity contribution in [2.45, 2.75) is 26.0 Å². The van der Waals surface area contributed by atoms with Gasteiger partial charge >= 0.3 is 0 Å². The predicted molar refractivity (Wildman–Crippen MR) is 97.1 cm³/mol. The van der Waals surface area contributed by atoms with Crippen molar-refractivity contribution in [2.75, 3.05) is 20.6 Å². The van der Waals surface area contributed by atoms with Gasteiger partial charge in [0.25, 0.3) is 5.91 Å². The Morgan fingerprint density at radius 2 is 1.71 bits per heavy atom. The maximum atomic E-state index is 12.5. The first-order valence-corrected chi connectivity index (χ1v) is 8.19. The van der Waals surface area contributed by atoms with E-state index in [4.69, 9.17) is 4.74 Å². The van der Waals surface area contributed by atoms with Crippen LogP contribution in [-0.4, -0.2) is 37.6 Å². The van der Waals surface area contributed by atoms with E-state index in [2.05, 4.69) is 10.2 Å². The molecule has 0 bridgehead atoms. The van der Waals surface area contributed by atoms with E-state index >= 15 is 0 Å². The number of hydrogen-bond donors (Lipinski definition) is 1. The van der Waals surface area contributed by atoms with Gasteiger partial charge in [0.1, 0.15) is 5.75 Å². The molecule has 2 unspecified atom stereocenters. The van der Waals surface area contributed by atoms with Crippen LogP contribution < -0.4 is 10.1 Å². The molecule has 24 heavy (non-hydrogen) atoms. The van der Waals surface area contributed by atoms with Crippen LogP contribution in [0.25, 0.3) is 0 Å². The summed E-state index contributed by atoms with van der Waals surface area (Å²) in [5, 5.41) is 3.09. The summed E-state index contributed by atoms with van der Waals surface area (Å²) < 4.78 is 5.75. The quantitative estimate of drug-likeness (QED) is 0.850. The van der Waals surface area contributed by atoms with Crippen LogP contribution in [0.4, 0.5) is 0 Å². The molecule has 0 saturated carbocycles. The Morgan fingerprint density at radius 3 is 2.29 bits per heavy atom. The van der Waals surface area contributed by atoms with Gasteiger partial charge in [-0.15, -0.1) is 0 Å². The SMILES string of the molecule is Cc1ccc(OC(C)C(=O)NC(CN(C)C)c2ccccc2)cc1. The van der Waals surface area contributed by atoms with E-state index in [1.807, 2.05) is 75.6 Å². The minimum absolute atomic E-state index is 0.0715. The molecule has 128 valence electrons. The molecular weight excluding hydrogens is 300 g/mol. The lowest BCUT2D eigenvalue weighted by Crippen LogP contribution is -2.41. The standard InChI is InChI=1S/C20H26N2O2/c1-15-10-12-18(13-11-15)24-16(2)20(23)21-19(14-22(3)4)17-8-6-5-7-9-17/h5-13,16,19H,14H2,1-4H3,(H,21,23). The molecule has 2 rings (SSSR count). The number of aryl methyl sites for hydroxylation is 1. The van der Waals surface area contributed by atoms with Gasteiger partial charge in [0.15, 0.2) is 6.10 Å². The second kappa shape index (κ2) is 8.50. The fraction of sp³-hybridized carbons (Fsp3) is 0.350. The molecule has 2 aromatic rings. The number of likely N-dealkylation sites (N-methyl/N-ethyl adjacent to an activating group) is 1. The Morgan fingerprint density at radius 1 is 1.08 bits per heavy atom. The van der Waals surface area contributed by atoms with Gasteiger partial charge in [0.05, 0.1) is 6.04 Å². The molecule has 2 aromatic carbocycles. The van der Waals surface area contributed by atoms with E-state index in [0.717, 1.165) is 17.7 Å². The minimum Gasteiger partial charge on any atom is -0.481 e. The Balaban J connectivity index is 2.02. The molecule has 0 heterocycles. The molecule has 2 atom stereocenters. The highest BCUT2D eigenvalue weighted by Crippen LogP contribution is 2.16. The van der Waals surface area contributed by atoms with Gasteiger partial charge in [-0.1, -0.05) is 48.0 Å². The van der Waals surface area contributed by atoms with Gasteiger partial charge in [-0.2, -0.15) is 0 Å². The van der Waals surface area contributed by atoms with Crippen molar-refractivity contribution in [1.82, 2.24) is 10.2 Å². The summed E-state index contributed by atoms with van der Waals surface area (Å²) in [5.41, 5.74) is 2.25. The number of ether oxygens (including phenoxy) is 1. The highest BCUT2D eigenvalue weighted by Gasteiger charge is 2.20. The fourth-order valence-corrected chi connectivity index (χ4v) is 2.45. The summed E-state index contributed by atoms with van der Waals surface area (Å²) in [6.07, 6.45) is -0.555. The van der Waals surface area contributed by atoms with E-state index in [1.165, 1.54) is 0 Å². The first-order chi connectivity index (χ1) is 11.5. The van der Waals surface area contributed by atoms with E-state index in [0.29, 0.717) is 5.75 Å². The molecule has 4 heteroatoms. The van der Waals surface area contributed by atoms with Gasteiger partial charge in [-0.25, -0.2) is 0 Å². The predicted octanol–water partition coefficient (Wildman–Crippen LogP) is 3.18. The van der Waals surface area contributed by atoms with Crippen molar-refractivity contribution in [1.29, 1.82) is 0 Å². The second-order valence-electron chi connectivity index (χ2n) is 6.31. The smallest absolute Gasteiger partial charge is 0.261 e. The van der Waals surface area contributed by atoms with Crippen molar-refractivity contribution in [3.05, 3.63) is 65.7 Å². The number of carbonyl (C=O) groups excluding carboxylic acids is 1. The lowest BCUT2D eigenvalue weighted by Gasteiger charge is -2.24. The number of amides is 1. The average molecular weight is 326 g/mol. The Labute approximate surface area is 144 Å². The molecular formula is C20H26N2O2. The molecule has 0 aliphatic heterocycles. The van der Waals surface area contributed by atoms with Crippen molar-refractivity contribution in [3.63, 3.8) is 0 Å². The molecule has 0 fully saturated rings. The van der Waals surface area contributed by atoms with Crippen LogP contribution in [-0.2, 0) is 4.79 Å². The molecule has 0 aliphatic rings. The number of carbonyl (C=O) groups is 1. The summed E-state index contributed by atoms with van der Waals surface area (Å²) in [4.78, 5) is 14.6. The van der Waals surface area contributed by atoms with Crippen LogP contribution in [0.1, 0.15) is 24.1 Å². The highest BCUT2D eigenvalue weighted by molar-refractivity contribution is 5.81. The summed E-state index contributed by atoms with van der Waals surface area (Å²) >= 11 is 0. The van der Waals surface area contributed by atoms with Gasteiger partial charge in [-0.3, -0.25) is 4.79 Å². The van der Waals surface area contributed by atoms with Gasteiger partial charge in [-0.05, 0) is 45.6 Å². The van der Waals surface area contributed by atoms with E-state index < -0.39 is 6.10 Å².